The largest absolute Gasteiger partial charge is 0.383 e. The Kier molecular flexibility index (Phi) is 11.3. The lowest BCUT2D eigenvalue weighted by Crippen LogP contribution is -2.12. The van der Waals surface area contributed by atoms with Gasteiger partial charge < -0.3 is 11.5 Å². The Morgan fingerprint density at radius 3 is 2.35 bits per heavy atom. The van der Waals surface area contributed by atoms with Gasteiger partial charge in [-0.1, -0.05) is 39.5 Å². The maximum Gasteiger partial charge on any atom is 0.280 e. The summed E-state index contributed by atoms with van der Waals surface area (Å²) in [7, 11) is 0. The van der Waals surface area contributed by atoms with Crippen molar-refractivity contribution in [2.45, 2.75) is 48.5 Å². The Hall–Kier alpha value is -3.84. The minimum atomic E-state index is -0.569. The van der Waals surface area contributed by atoms with E-state index >= 15 is 0 Å². The van der Waals surface area contributed by atoms with Crippen LogP contribution < -0.4 is 11.5 Å². The number of anilines is 1. The summed E-state index contributed by atoms with van der Waals surface area (Å²) in [6, 6.07) is 1.55. The van der Waals surface area contributed by atoms with Gasteiger partial charge >= 0.3 is 0 Å². The minimum absolute atomic E-state index is 0.0113. The number of rotatable bonds is 1. The molecule has 0 bridgehead atoms. The zero-order valence-corrected chi connectivity index (χ0v) is 21.3. The second kappa shape index (κ2) is 13.6. The second-order valence-electron chi connectivity index (χ2n) is 6.27. The quantitative estimate of drug-likeness (QED) is 0.266. The number of hydrogen-bond acceptors (Lipinski definition) is 8. The molecule has 0 unspecified atom stereocenters. The first-order chi connectivity index (χ1) is 16.2. The molecule has 0 saturated heterocycles. The molecule has 0 atom stereocenters. The van der Waals surface area contributed by atoms with Gasteiger partial charge in [0.1, 0.15) is 16.9 Å². The van der Waals surface area contributed by atoms with E-state index in [-0.39, 0.29) is 21.6 Å². The smallest absolute Gasteiger partial charge is 0.280 e. The number of aromatic nitrogens is 4. The number of fused-ring (bicyclic) bond motifs is 1. The van der Waals surface area contributed by atoms with Gasteiger partial charge in [0.05, 0.1) is 33.8 Å². The summed E-state index contributed by atoms with van der Waals surface area (Å²) >= 11 is 0.902. The van der Waals surface area contributed by atoms with Crippen LogP contribution in [-0.4, -0.2) is 36.1 Å². The summed E-state index contributed by atoms with van der Waals surface area (Å²) < 4.78 is 0. The van der Waals surface area contributed by atoms with Gasteiger partial charge in [0, 0.05) is 18.0 Å². The van der Waals surface area contributed by atoms with E-state index in [9.17, 15) is 4.79 Å². The molecule has 9 nitrogen and oxygen atoms in total. The zero-order valence-electron chi connectivity index (χ0n) is 20.5. The first kappa shape index (κ1) is 28.2. The molecule has 3 rings (SSSR count). The van der Waals surface area contributed by atoms with Crippen molar-refractivity contribution in [3.63, 3.8) is 0 Å². The Bertz CT molecular complexity index is 1280. The summed E-state index contributed by atoms with van der Waals surface area (Å²) in [5.41, 5.74) is 15.6. The lowest BCUT2D eigenvalue weighted by molar-refractivity contribution is 0.100. The van der Waals surface area contributed by atoms with Crippen LogP contribution in [0.4, 0.5) is 5.82 Å². The number of nitrogens with two attached hydrogens (primary N) is 2. The molecule has 5 N–H and O–H groups in total. The third-order valence-electron chi connectivity index (χ3n) is 3.94. The number of carbonyl (C=O) groups is 1. The summed E-state index contributed by atoms with van der Waals surface area (Å²) in [5, 5.41) is 7.60. The molecule has 0 aliphatic carbocycles. The maximum absolute atomic E-state index is 12.3. The molecular formula is C24H30N8OS. The van der Waals surface area contributed by atoms with Crippen molar-refractivity contribution in [2.24, 2.45) is 10.7 Å². The molecule has 0 aliphatic heterocycles. The molecule has 3 aromatic heterocycles. The van der Waals surface area contributed by atoms with Gasteiger partial charge in [-0.15, -0.1) is 0 Å². The standard InChI is InChI=1S/C20H18N8OS.2C2H6/c1-10-11(2)27-17-15(18(22)25-9-16(17)26-10)5-4-13-6-14(8-24-7-13)19(29)28-20(23)30-12(3)21;2*1-2/h6-9,21H,1-3H3,(H2,22,25)(H2,23,28,29);2*1-2H3. The number of nitrogens with zero attached hydrogens (tertiary/aromatic N) is 5. The molecule has 3 heterocycles. The van der Waals surface area contributed by atoms with Gasteiger partial charge in [0.25, 0.3) is 5.91 Å². The third-order valence-corrected chi connectivity index (χ3v) is 4.55. The van der Waals surface area contributed by atoms with E-state index in [1.807, 2.05) is 41.5 Å². The molecular weight excluding hydrogens is 448 g/mol. The van der Waals surface area contributed by atoms with Crippen LogP contribution in [0.25, 0.3) is 11.0 Å². The molecule has 10 heteroatoms. The Morgan fingerprint density at radius 1 is 1.06 bits per heavy atom. The van der Waals surface area contributed by atoms with E-state index in [0.29, 0.717) is 22.2 Å². The minimum Gasteiger partial charge on any atom is -0.383 e. The highest BCUT2D eigenvalue weighted by Gasteiger charge is 2.10. The maximum atomic E-state index is 12.3. The summed E-state index contributed by atoms with van der Waals surface area (Å²) in [6.07, 6.45) is 4.45. The van der Waals surface area contributed by atoms with Crippen LogP contribution in [0.1, 0.15) is 67.5 Å². The third kappa shape index (κ3) is 7.64. The number of aryl methyl sites for hydroxylation is 2. The van der Waals surface area contributed by atoms with E-state index in [2.05, 4.69) is 36.8 Å². The van der Waals surface area contributed by atoms with Crippen molar-refractivity contribution in [1.29, 1.82) is 5.41 Å². The van der Waals surface area contributed by atoms with Crippen LogP contribution in [0.5, 0.6) is 0 Å². The fraction of sp³-hybridized carbons (Fsp3) is 0.292. The topological polar surface area (TPSA) is 157 Å². The number of amides is 1. The number of carbonyl (C=O) groups excluding carboxylic acids is 1. The van der Waals surface area contributed by atoms with Crippen LogP contribution in [0, 0.1) is 31.1 Å². The molecule has 0 spiro atoms. The first-order valence-electron chi connectivity index (χ1n) is 10.7. The predicted octanol–water partition coefficient (Wildman–Crippen LogP) is 4.26. The highest BCUT2D eigenvalue weighted by Crippen LogP contribution is 2.19. The van der Waals surface area contributed by atoms with Crippen LogP contribution in [0.15, 0.2) is 29.6 Å². The monoisotopic (exact) mass is 478 g/mol. The van der Waals surface area contributed by atoms with Crippen molar-refractivity contribution in [3.05, 3.63) is 52.7 Å². The average molecular weight is 479 g/mol. The second-order valence-corrected chi connectivity index (χ2v) is 7.51. The fourth-order valence-corrected chi connectivity index (χ4v) is 2.88. The number of amidine groups is 1. The molecule has 34 heavy (non-hydrogen) atoms. The van der Waals surface area contributed by atoms with Crippen molar-refractivity contribution < 1.29 is 4.79 Å². The number of nitrogen functional groups attached to an aromatic ring is 1. The predicted molar refractivity (Wildman–Crippen MR) is 141 cm³/mol. The van der Waals surface area contributed by atoms with Crippen molar-refractivity contribution >= 4 is 44.7 Å². The van der Waals surface area contributed by atoms with E-state index < -0.39 is 5.91 Å². The van der Waals surface area contributed by atoms with Crippen LogP contribution >= 0.6 is 11.8 Å². The Balaban J connectivity index is 0.00000137. The normalized spacial score (nSPS) is 10.1. The van der Waals surface area contributed by atoms with E-state index in [0.717, 1.165) is 23.1 Å². The van der Waals surface area contributed by atoms with Crippen molar-refractivity contribution in [1.82, 2.24) is 19.9 Å². The molecule has 0 radical (unpaired) electrons. The lowest BCUT2D eigenvalue weighted by Gasteiger charge is -2.05. The van der Waals surface area contributed by atoms with Gasteiger partial charge in [-0.3, -0.25) is 15.2 Å². The van der Waals surface area contributed by atoms with Crippen molar-refractivity contribution in [3.8, 4) is 11.8 Å². The fourth-order valence-electron chi connectivity index (χ4n) is 2.44. The first-order valence-corrected chi connectivity index (χ1v) is 11.5. The van der Waals surface area contributed by atoms with Crippen molar-refractivity contribution in [2.75, 3.05) is 5.73 Å². The van der Waals surface area contributed by atoms with E-state index in [4.69, 9.17) is 16.9 Å². The lowest BCUT2D eigenvalue weighted by atomic mass is 10.1. The number of hydrogen-bond donors (Lipinski definition) is 3. The molecule has 0 aromatic carbocycles. The zero-order chi connectivity index (χ0) is 25.8. The number of nitrogens with one attached hydrogen (secondary N) is 1. The van der Waals surface area contributed by atoms with E-state index in [1.54, 1.807) is 19.2 Å². The molecule has 3 aromatic rings. The molecule has 0 fully saturated rings. The Labute approximate surface area is 204 Å². The van der Waals surface area contributed by atoms with E-state index in [1.165, 1.54) is 12.4 Å². The summed E-state index contributed by atoms with van der Waals surface area (Å²) in [4.78, 5) is 33.2. The number of aliphatic imine (C=N–C) groups is 1. The highest BCUT2D eigenvalue weighted by atomic mass is 32.2. The summed E-state index contributed by atoms with van der Waals surface area (Å²) in [5.74, 6) is 5.58. The van der Waals surface area contributed by atoms with Gasteiger partial charge in [0.15, 0.2) is 5.17 Å². The van der Waals surface area contributed by atoms with Crippen LogP contribution in [-0.2, 0) is 0 Å². The number of thioether (sulfide) groups is 1. The number of pyridine rings is 2. The van der Waals surface area contributed by atoms with Crippen LogP contribution in [0.2, 0.25) is 0 Å². The van der Waals surface area contributed by atoms with Gasteiger partial charge in [-0.05, 0) is 38.6 Å². The highest BCUT2D eigenvalue weighted by molar-refractivity contribution is 8.26. The average Bonchev–Trinajstić information content (AvgIpc) is 2.82. The van der Waals surface area contributed by atoms with Crippen LogP contribution in [0.3, 0.4) is 0 Å². The summed E-state index contributed by atoms with van der Waals surface area (Å²) in [6.45, 7) is 13.3. The SMILES string of the molecule is CC.CC.CC(=N)SC(N)=NC(=O)c1cncc(C#Cc2c(N)ncc3nc(C)c(C)nc23)c1. The Morgan fingerprint density at radius 2 is 1.71 bits per heavy atom. The molecule has 0 aliphatic rings. The molecule has 1 amide bonds. The molecule has 0 saturated carbocycles. The van der Waals surface area contributed by atoms with Gasteiger partial charge in [-0.2, -0.15) is 4.99 Å². The van der Waals surface area contributed by atoms with Gasteiger partial charge in [0.2, 0.25) is 0 Å². The van der Waals surface area contributed by atoms with Gasteiger partial charge in [-0.25, -0.2) is 15.0 Å². The molecule has 178 valence electrons.